The van der Waals surface area contributed by atoms with E-state index < -0.39 is 51.3 Å². The van der Waals surface area contributed by atoms with Gasteiger partial charge in [-0.1, -0.05) is 36.4 Å². The first-order chi connectivity index (χ1) is 17.8. The molecule has 2 aliphatic rings. The Hall–Kier alpha value is -3.23. The summed E-state index contributed by atoms with van der Waals surface area (Å²) >= 11 is 0. The quantitative estimate of drug-likeness (QED) is 0.355. The Morgan fingerprint density at radius 2 is 2.00 bits per heavy atom. The summed E-state index contributed by atoms with van der Waals surface area (Å²) in [6, 6.07) is 9.11. The van der Waals surface area contributed by atoms with Gasteiger partial charge in [0.2, 0.25) is 0 Å². The lowest BCUT2D eigenvalue weighted by atomic mass is 10.1. The Balaban J connectivity index is 1.41. The second kappa shape index (κ2) is 10.6. The molecule has 2 unspecified atom stereocenters. The average Bonchev–Trinajstić information content (AvgIpc) is 3.56. The number of ether oxygens (including phenoxy) is 3. The maximum Gasteiger partial charge on any atom is 0.320 e. The van der Waals surface area contributed by atoms with E-state index >= 15 is 0 Å². The van der Waals surface area contributed by atoms with Crippen molar-refractivity contribution in [2.75, 3.05) is 18.5 Å². The number of benzene rings is 1. The van der Waals surface area contributed by atoms with Crippen LogP contribution in [0, 0.1) is 0 Å². The molecule has 1 aromatic carbocycles. The Labute approximate surface area is 210 Å². The molecule has 196 valence electrons. The molecule has 6 atom stereocenters. The smallest absolute Gasteiger partial charge is 0.320 e. The monoisotopic (exact) mass is 531 g/mol. The molecule has 37 heavy (non-hydrogen) atoms. The third kappa shape index (κ3) is 5.70. The molecule has 2 amide bonds. The van der Waals surface area contributed by atoms with Crippen LogP contribution in [0.1, 0.15) is 18.7 Å². The number of anilines is 1. The third-order valence-electron chi connectivity index (χ3n) is 5.72. The van der Waals surface area contributed by atoms with Gasteiger partial charge in [-0.15, -0.1) is 0 Å². The van der Waals surface area contributed by atoms with Gasteiger partial charge in [-0.3, -0.25) is 14.4 Å². The maximum atomic E-state index is 12.0. The van der Waals surface area contributed by atoms with E-state index in [9.17, 15) is 14.3 Å². The summed E-state index contributed by atoms with van der Waals surface area (Å²) in [7, 11) is -4.99. The van der Waals surface area contributed by atoms with E-state index in [0.29, 0.717) is 17.7 Å². The molecular weight excluding hydrogens is 507 g/mol. The first kappa shape index (κ1) is 25.4. The van der Waals surface area contributed by atoms with Gasteiger partial charge < -0.3 is 33.8 Å². The minimum absolute atomic E-state index is 0.198. The van der Waals surface area contributed by atoms with E-state index in [1.165, 1.54) is 12.7 Å². The number of imidazole rings is 1. The van der Waals surface area contributed by atoms with Crippen LogP contribution in [0.25, 0.3) is 17.2 Å². The number of nitrogens with zero attached hydrogens (tertiary/aromatic N) is 4. The van der Waals surface area contributed by atoms with Crippen molar-refractivity contribution in [3.05, 3.63) is 54.6 Å². The lowest BCUT2D eigenvalue weighted by Crippen LogP contribution is -2.32. The summed E-state index contributed by atoms with van der Waals surface area (Å²) in [6.07, 6.45) is 2.38. The summed E-state index contributed by atoms with van der Waals surface area (Å²) < 4.78 is 35.6. The second-order valence-corrected chi connectivity index (χ2v) is 9.40. The van der Waals surface area contributed by atoms with Crippen molar-refractivity contribution in [3.63, 3.8) is 0 Å². The lowest BCUT2D eigenvalue weighted by molar-refractivity contribution is -0.223. The number of amides is 2. The topological polar surface area (TPSA) is 182 Å². The third-order valence-corrected chi connectivity index (χ3v) is 6.19. The standard InChI is InChI=1S/C22H25N6O8P/c1-2-23-22(29)27-19-16-20(25-11-24-19)28(12-26-16)21-18-17(14(34-21)10-33-37(30,31)32)35-15(36-18)9-8-13-6-4-3-5-7-13/h3-9,11-12,14-15,17-18,21H,2,10H2,1H3,(H2,30,31,32)(H2,23,24,25,27,29)/p-1/b9-8+/t14-,15+,17?,18+,21-/m1/s1. The number of aromatic nitrogens is 4. The summed E-state index contributed by atoms with van der Waals surface area (Å²) in [5, 5.41) is 5.24. The summed E-state index contributed by atoms with van der Waals surface area (Å²) in [6.45, 7) is 1.73. The van der Waals surface area contributed by atoms with Crippen LogP contribution < -0.4 is 15.5 Å². The fourth-order valence-corrected chi connectivity index (χ4v) is 4.51. The largest absolute Gasteiger partial charge is 0.756 e. The molecule has 0 spiro atoms. The normalized spacial score (nSPS) is 26.8. The SMILES string of the molecule is CCNC(=O)Nc1ncnc2c1ncn2[C@@H]1O[C@H](COP(=O)([O-])O)C2O[C@H](/C=C/c3ccccc3)O[C@@H]21. The van der Waals surface area contributed by atoms with Gasteiger partial charge in [0.25, 0.3) is 7.82 Å². The van der Waals surface area contributed by atoms with Gasteiger partial charge in [0.05, 0.1) is 12.9 Å². The number of phosphoric acid groups is 1. The summed E-state index contributed by atoms with van der Waals surface area (Å²) in [5.74, 6) is 0.198. The molecule has 0 saturated carbocycles. The maximum absolute atomic E-state index is 12.0. The Morgan fingerprint density at radius 1 is 1.22 bits per heavy atom. The first-order valence-corrected chi connectivity index (χ1v) is 12.9. The van der Waals surface area contributed by atoms with E-state index in [0.717, 1.165) is 5.56 Å². The van der Waals surface area contributed by atoms with Crippen LogP contribution in [0.5, 0.6) is 0 Å². The van der Waals surface area contributed by atoms with E-state index in [1.807, 2.05) is 36.4 Å². The molecule has 3 aromatic rings. The predicted molar refractivity (Wildman–Crippen MR) is 127 cm³/mol. The fraction of sp³-hybridized carbons (Fsp3) is 0.364. The molecule has 0 aliphatic carbocycles. The van der Waals surface area contributed by atoms with Crippen molar-refractivity contribution in [2.45, 2.75) is 37.8 Å². The van der Waals surface area contributed by atoms with Crippen LogP contribution in [0.2, 0.25) is 0 Å². The van der Waals surface area contributed by atoms with Gasteiger partial charge in [0, 0.05) is 6.54 Å². The second-order valence-electron chi connectivity index (χ2n) is 8.20. The zero-order chi connectivity index (χ0) is 26.0. The minimum atomic E-state index is -4.99. The van der Waals surface area contributed by atoms with Crippen LogP contribution in [0.3, 0.4) is 0 Å². The number of hydrogen-bond donors (Lipinski definition) is 3. The van der Waals surface area contributed by atoms with Crippen molar-refractivity contribution in [3.8, 4) is 0 Å². The number of hydrogen-bond acceptors (Lipinski definition) is 10. The zero-order valence-corrected chi connectivity index (χ0v) is 20.4. The van der Waals surface area contributed by atoms with E-state index in [-0.39, 0.29) is 5.82 Å². The van der Waals surface area contributed by atoms with Crippen molar-refractivity contribution in [1.29, 1.82) is 0 Å². The Morgan fingerprint density at radius 3 is 2.76 bits per heavy atom. The molecule has 2 aromatic heterocycles. The van der Waals surface area contributed by atoms with Crippen molar-refractivity contribution < 1.29 is 37.9 Å². The Bertz CT molecular complexity index is 1330. The molecule has 2 fully saturated rings. The van der Waals surface area contributed by atoms with Crippen LogP contribution >= 0.6 is 7.82 Å². The van der Waals surface area contributed by atoms with Gasteiger partial charge in [0.1, 0.15) is 24.6 Å². The van der Waals surface area contributed by atoms with Gasteiger partial charge in [-0.25, -0.2) is 19.7 Å². The van der Waals surface area contributed by atoms with Gasteiger partial charge in [-0.05, 0) is 18.6 Å². The number of nitrogens with one attached hydrogen (secondary N) is 2. The highest BCUT2D eigenvalue weighted by Crippen LogP contribution is 2.42. The van der Waals surface area contributed by atoms with E-state index in [1.54, 1.807) is 17.6 Å². The molecule has 15 heteroatoms. The first-order valence-electron chi connectivity index (χ1n) is 11.4. The molecule has 0 bridgehead atoms. The zero-order valence-electron chi connectivity index (χ0n) is 19.5. The number of urea groups is 1. The van der Waals surface area contributed by atoms with Crippen molar-refractivity contribution in [2.24, 2.45) is 0 Å². The molecule has 14 nitrogen and oxygen atoms in total. The Kier molecular flexibility index (Phi) is 7.31. The van der Waals surface area contributed by atoms with Crippen LogP contribution in [-0.4, -0.2) is 68.2 Å². The van der Waals surface area contributed by atoms with Gasteiger partial charge in [-0.2, -0.15) is 0 Å². The highest BCUT2D eigenvalue weighted by Gasteiger charge is 2.53. The molecule has 2 saturated heterocycles. The number of carbonyl (C=O) groups excluding carboxylic acids is 1. The fourth-order valence-electron chi connectivity index (χ4n) is 4.17. The molecule has 4 heterocycles. The van der Waals surface area contributed by atoms with Gasteiger partial charge >= 0.3 is 6.03 Å². The lowest BCUT2D eigenvalue weighted by Gasteiger charge is -2.22. The molecule has 3 N–H and O–H groups in total. The average molecular weight is 531 g/mol. The van der Waals surface area contributed by atoms with Crippen LogP contribution in [0.4, 0.5) is 10.6 Å². The predicted octanol–water partition coefficient (Wildman–Crippen LogP) is 1.17. The van der Waals surface area contributed by atoms with Gasteiger partial charge in [0.15, 0.2) is 29.5 Å². The minimum Gasteiger partial charge on any atom is -0.756 e. The number of fused-ring (bicyclic) bond motifs is 2. The van der Waals surface area contributed by atoms with E-state index in [4.69, 9.17) is 19.1 Å². The number of carbonyl (C=O) groups is 1. The highest BCUT2D eigenvalue weighted by atomic mass is 31.2. The van der Waals surface area contributed by atoms with Crippen molar-refractivity contribution >= 4 is 36.9 Å². The molecular formula is C22H24N6O8P-. The summed E-state index contributed by atoms with van der Waals surface area (Å²) in [4.78, 5) is 45.0. The molecule has 0 radical (unpaired) electrons. The summed E-state index contributed by atoms with van der Waals surface area (Å²) in [5.41, 5.74) is 1.60. The van der Waals surface area contributed by atoms with Crippen LogP contribution in [-0.2, 0) is 23.3 Å². The molecule has 5 rings (SSSR count). The van der Waals surface area contributed by atoms with Crippen LogP contribution in [0.15, 0.2) is 49.1 Å². The van der Waals surface area contributed by atoms with Crippen molar-refractivity contribution in [1.82, 2.24) is 24.8 Å². The highest BCUT2D eigenvalue weighted by molar-refractivity contribution is 7.44. The van der Waals surface area contributed by atoms with E-state index in [2.05, 4.69) is 30.1 Å². The number of rotatable bonds is 8. The number of phosphoric ester groups is 1. The molecule has 2 aliphatic heterocycles.